The lowest BCUT2D eigenvalue weighted by Crippen LogP contribution is -2.22. The van der Waals surface area contributed by atoms with E-state index in [-0.39, 0.29) is 11.7 Å². The molecule has 0 aromatic heterocycles. The Morgan fingerprint density at radius 1 is 1.26 bits per heavy atom. The molecule has 0 heterocycles. The van der Waals surface area contributed by atoms with Crippen LogP contribution in [0.2, 0.25) is 5.02 Å². The topological polar surface area (TPSA) is 61.7 Å². The fourth-order valence-corrected chi connectivity index (χ4v) is 3.06. The lowest BCUT2D eigenvalue weighted by molar-refractivity contribution is 0.0954. The summed E-state index contributed by atoms with van der Waals surface area (Å²) in [6.45, 7) is 2.02. The van der Waals surface area contributed by atoms with Gasteiger partial charge in [0.15, 0.2) is 0 Å². The molecule has 0 radical (unpaired) electrons. The van der Waals surface area contributed by atoms with E-state index < -0.39 is 0 Å². The molecule has 2 aromatic carbocycles. The third kappa shape index (κ3) is 3.22. The van der Waals surface area contributed by atoms with Crippen LogP contribution < -0.4 is 5.43 Å². The number of rotatable bonds is 2. The first-order valence-corrected chi connectivity index (χ1v) is 7.88. The monoisotopic (exact) mass is 328 g/mol. The van der Waals surface area contributed by atoms with Crippen molar-refractivity contribution in [3.8, 4) is 5.75 Å². The Labute approximate surface area is 139 Å². The van der Waals surface area contributed by atoms with E-state index in [4.69, 9.17) is 11.6 Å². The molecule has 0 saturated heterocycles. The van der Waals surface area contributed by atoms with Gasteiger partial charge in [0, 0.05) is 16.1 Å². The largest absolute Gasteiger partial charge is 0.507 e. The molecule has 5 heteroatoms. The van der Waals surface area contributed by atoms with Gasteiger partial charge in [0.05, 0.1) is 5.71 Å². The molecule has 1 aliphatic rings. The smallest absolute Gasteiger partial charge is 0.271 e. The number of halogens is 1. The molecule has 23 heavy (non-hydrogen) atoms. The van der Waals surface area contributed by atoms with E-state index in [0.717, 1.165) is 36.0 Å². The average molecular weight is 329 g/mol. The molecule has 4 nitrogen and oxygen atoms in total. The zero-order valence-electron chi connectivity index (χ0n) is 12.8. The number of nitrogens with zero attached hydrogens (tertiary/aromatic N) is 1. The van der Waals surface area contributed by atoms with Gasteiger partial charge < -0.3 is 5.11 Å². The van der Waals surface area contributed by atoms with E-state index >= 15 is 0 Å². The van der Waals surface area contributed by atoms with Crippen LogP contribution in [0, 0.1) is 6.92 Å². The number of nitrogens with one attached hydrogen (secondary N) is 1. The highest BCUT2D eigenvalue weighted by molar-refractivity contribution is 6.31. The Kier molecular flexibility index (Phi) is 4.35. The second-order valence-electron chi connectivity index (χ2n) is 5.62. The van der Waals surface area contributed by atoms with Crippen molar-refractivity contribution in [3.63, 3.8) is 0 Å². The highest BCUT2D eigenvalue weighted by Gasteiger charge is 2.21. The number of benzene rings is 2. The van der Waals surface area contributed by atoms with Gasteiger partial charge in [-0.3, -0.25) is 4.79 Å². The van der Waals surface area contributed by atoms with Crippen molar-refractivity contribution < 1.29 is 9.90 Å². The molecular weight excluding hydrogens is 312 g/mol. The Morgan fingerprint density at radius 2 is 2.09 bits per heavy atom. The second kappa shape index (κ2) is 6.42. The van der Waals surface area contributed by atoms with E-state index in [1.54, 1.807) is 30.3 Å². The van der Waals surface area contributed by atoms with Crippen molar-refractivity contribution in [1.29, 1.82) is 0 Å². The minimum absolute atomic E-state index is 0.209. The molecule has 0 aliphatic heterocycles. The van der Waals surface area contributed by atoms with Gasteiger partial charge in [0.1, 0.15) is 5.75 Å². The number of phenolic OH excluding ortho intramolecular Hbond substituents is 1. The quantitative estimate of drug-likeness (QED) is 0.823. The summed E-state index contributed by atoms with van der Waals surface area (Å²) in [6, 6.07) is 10.3. The first-order valence-electron chi connectivity index (χ1n) is 7.50. The molecule has 118 valence electrons. The molecule has 0 fully saturated rings. The van der Waals surface area contributed by atoms with Gasteiger partial charge in [-0.05, 0) is 61.6 Å². The van der Waals surface area contributed by atoms with Crippen LogP contribution in [0.15, 0.2) is 41.5 Å². The summed E-state index contributed by atoms with van der Waals surface area (Å²) >= 11 is 5.89. The summed E-state index contributed by atoms with van der Waals surface area (Å²) in [5, 5.41) is 14.9. The van der Waals surface area contributed by atoms with Crippen LogP contribution in [-0.4, -0.2) is 16.7 Å². The molecule has 0 spiro atoms. The lowest BCUT2D eigenvalue weighted by atomic mass is 9.86. The van der Waals surface area contributed by atoms with Gasteiger partial charge in [-0.1, -0.05) is 23.7 Å². The molecule has 2 N–H and O–H groups in total. The summed E-state index contributed by atoms with van der Waals surface area (Å²) in [5.74, 6) is -0.111. The third-order valence-corrected chi connectivity index (χ3v) is 4.27. The van der Waals surface area contributed by atoms with E-state index in [9.17, 15) is 9.90 Å². The van der Waals surface area contributed by atoms with Crippen LogP contribution in [0.1, 0.15) is 39.9 Å². The number of fused-ring (bicyclic) bond motifs is 1. The van der Waals surface area contributed by atoms with Crippen LogP contribution in [0.4, 0.5) is 0 Å². The number of aromatic hydroxyl groups is 1. The predicted molar refractivity (Wildman–Crippen MR) is 91.2 cm³/mol. The first-order chi connectivity index (χ1) is 11.1. The summed E-state index contributed by atoms with van der Waals surface area (Å²) in [5.41, 5.74) is 6.71. The standard InChI is InChI=1S/C18H17ClN2O2/c1-11-8-9-16(22)17-14(11)6-3-7-15(17)20-21-18(23)12-4-2-5-13(19)10-12/h2,4-5,8-10,22H,3,6-7H2,1H3,(H,21,23)/b20-15+. The lowest BCUT2D eigenvalue weighted by Gasteiger charge is -2.21. The van der Waals surface area contributed by atoms with Crippen molar-refractivity contribution in [2.24, 2.45) is 5.10 Å². The highest BCUT2D eigenvalue weighted by atomic mass is 35.5. The Hall–Kier alpha value is -2.33. The van der Waals surface area contributed by atoms with Crippen LogP contribution in [0.3, 0.4) is 0 Å². The SMILES string of the molecule is Cc1ccc(O)c2c1CCC/C2=N\NC(=O)c1cccc(Cl)c1. The predicted octanol–water partition coefficient (Wildman–Crippen LogP) is 3.82. The van der Waals surface area contributed by atoms with Crippen molar-refractivity contribution in [2.45, 2.75) is 26.2 Å². The average Bonchev–Trinajstić information content (AvgIpc) is 2.56. The maximum atomic E-state index is 12.2. The molecule has 0 atom stereocenters. The minimum atomic E-state index is -0.320. The Morgan fingerprint density at radius 3 is 2.87 bits per heavy atom. The van der Waals surface area contributed by atoms with Gasteiger partial charge in [-0.2, -0.15) is 5.10 Å². The third-order valence-electron chi connectivity index (χ3n) is 4.03. The van der Waals surface area contributed by atoms with Crippen molar-refractivity contribution in [3.05, 3.63) is 63.7 Å². The van der Waals surface area contributed by atoms with E-state index in [1.807, 2.05) is 13.0 Å². The van der Waals surface area contributed by atoms with Gasteiger partial charge in [-0.15, -0.1) is 0 Å². The van der Waals surface area contributed by atoms with Crippen LogP contribution in [0.5, 0.6) is 5.75 Å². The number of hydrogen-bond donors (Lipinski definition) is 2. The number of aryl methyl sites for hydroxylation is 1. The number of hydrazone groups is 1. The van der Waals surface area contributed by atoms with E-state index in [0.29, 0.717) is 16.3 Å². The number of phenols is 1. The number of amides is 1. The maximum Gasteiger partial charge on any atom is 0.271 e. The zero-order valence-corrected chi connectivity index (χ0v) is 13.5. The minimum Gasteiger partial charge on any atom is -0.507 e. The van der Waals surface area contributed by atoms with Crippen molar-refractivity contribution in [2.75, 3.05) is 0 Å². The van der Waals surface area contributed by atoms with Crippen LogP contribution in [0.25, 0.3) is 0 Å². The maximum absolute atomic E-state index is 12.2. The van der Waals surface area contributed by atoms with Crippen LogP contribution in [-0.2, 0) is 6.42 Å². The summed E-state index contributed by atoms with van der Waals surface area (Å²) in [6.07, 6.45) is 2.58. The fourth-order valence-electron chi connectivity index (χ4n) is 2.87. The summed E-state index contributed by atoms with van der Waals surface area (Å²) < 4.78 is 0. The fraction of sp³-hybridized carbons (Fsp3) is 0.222. The van der Waals surface area contributed by atoms with Crippen molar-refractivity contribution >= 4 is 23.2 Å². The van der Waals surface area contributed by atoms with Gasteiger partial charge in [-0.25, -0.2) is 5.43 Å². The van der Waals surface area contributed by atoms with E-state index in [1.165, 1.54) is 0 Å². The summed E-state index contributed by atoms with van der Waals surface area (Å²) in [4.78, 5) is 12.2. The molecule has 0 saturated carbocycles. The number of carbonyl (C=O) groups excluding carboxylic acids is 1. The van der Waals surface area contributed by atoms with Gasteiger partial charge >= 0.3 is 0 Å². The van der Waals surface area contributed by atoms with Gasteiger partial charge in [0.25, 0.3) is 5.91 Å². The van der Waals surface area contributed by atoms with Crippen molar-refractivity contribution in [1.82, 2.24) is 5.43 Å². The molecule has 1 aliphatic carbocycles. The molecule has 2 aromatic rings. The number of carbonyl (C=O) groups is 1. The first kappa shape index (κ1) is 15.6. The van der Waals surface area contributed by atoms with E-state index in [2.05, 4.69) is 10.5 Å². The van der Waals surface area contributed by atoms with Gasteiger partial charge in [0.2, 0.25) is 0 Å². The summed E-state index contributed by atoms with van der Waals surface area (Å²) in [7, 11) is 0. The number of hydrogen-bond acceptors (Lipinski definition) is 3. The molecular formula is C18H17ClN2O2. The van der Waals surface area contributed by atoms with Crippen LogP contribution >= 0.6 is 11.6 Å². The zero-order chi connectivity index (χ0) is 16.4. The Bertz CT molecular complexity index is 800. The Balaban J connectivity index is 1.88. The molecule has 3 rings (SSSR count). The second-order valence-corrected chi connectivity index (χ2v) is 6.05. The normalized spacial score (nSPS) is 15.3. The highest BCUT2D eigenvalue weighted by Crippen LogP contribution is 2.31. The molecule has 0 unspecified atom stereocenters. The molecule has 0 bridgehead atoms. The molecule has 1 amide bonds.